The van der Waals surface area contributed by atoms with E-state index in [2.05, 4.69) is 52.4 Å². The summed E-state index contributed by atoms with van der Waals surface area (Å²) in [5.74, 6) is 1.39. The van der Waals surface area contributed by atoms with Gasteiger partial charge >= 0.3 is 0 Å². The summed E-state index contributed by atoms with van der Waals surface area (Å²) in [6.45, 7) is 2.56. The molecule has 0 radical (unpaired) electrons. The molecule has 1 heterocycles. The topological polar surface area (TPSA) is 62.3 Å². The van der Waals surface area contributed by atoms with Gasteiger partial charge in [0.25, 0.3) is 0 Å². The summed E-state index contributed by atoms with van der Waals surface area (Å²) in [4.78, 5) is 7.55. The highest BCUT2D eigenvalue weighted by molar-refractivity contribution is 9.11. The molecule has 0 saturated heterocycles. The summed E-state index contributed by atoms with van der Waals surface area (Å²) in [6.07, 6.45) is 1.72. The van der Waals surface area contributed by atoms with Gasteiger partial charge in [0.2, 0.25) is 5.95 Å². The van der Waals surface area contributed by atoms with Crippen LogP contribution in [0.25, 0.3) is 11.0 Å². The molecule has 118 valence electrons. The number of aromatic nitrogens is 2. The number of nitrogens with one attached hydrogen (secondary N) is 2. The van der Waals surface area contributed by atoms with Gasteiger partial charge in [0.1, 0.15) is 5.75 Å². The van der Waals surface area contributed by atoms with Crippen molar-refractivity contribution in [2.75, 3.05) is 12.0 Å². The average Bonchev–Trinajstić information content (AvgIpc) is 2.93. The number of hydrazone groups is 1. The predicted molar refractivity (Wildman–Crippen MR) is 100 cm³/mol. The standard InChI is InChI=1S/C16H14Br2N4O/c1-2-23-15-11(17)7-10(8-12(15)18)9-19-22-16-20-13-5-3-4-6-14(13)21-16/h3-9H,2H2,1H3,(H2,20,21,22)/b19-9-. The molecular formula is C16H14Br2N4O. The lowest BCUT2D eigenvalue weighted by Gasteiger charge is -2.09. The van der Waals surface area contributed by atoms with Crippen molar-refractivity contribution in [1.29, 1.82) is 0 Å². The first-order valence-corrected chi connectivity index (χ1v) is 8.61. The Kier molecular flexibility index (Phi) is 4.97. The van der Waals surface area contributed by atoms with Crippen LogP contribution < -0.4 is 10.2 Å². The van der Waals surface area contributed by atoms with Crippen molar-refractivity contribution in [2.45, 2.75) is 6.92 Å². The van der Waals surface area contributed by atoms with Gasteiger partial charge in [0.15, 0.2) is 0 Å². The highest BCUT2D eigenvalue weighted by atomic mass is 79.9. The minimum Gasteiger partial charge on any atom is -0.492 e. The number of anilines is 1. The number of para-hydroxylation sites is 2. The lowest BCUT2D eigenvalue weighted by Crippen LogP contribution is -1.96. The largest absolute Gasteiger partial charge is 0.492 e. The zero-order valence-electron chi connectivity index (χ0n) is 12.3. The van der Waals surface area contributed by atoms with Crippen LogP contribution in [-0.2, 0) is 0 Å². The molecule has 2 aromatic carbocycles. The van der Waals surface area contributed by atoms with E-state index >= 15 is 0 Å². The van der Waals surface area contributed by atoms with Crippen LogP contribution in [0.15, 0.2) is 50.4 Å². The Labute approximate surface area is 150 Å². The molecule has 0 spiro atoms. The van der Waals surface area contributed by atoms with E-state index in [1.807, 2.05) is 43.3 Å². The number of imidazole rings is 1. The van der Waals surface area contributed by atoms with Gasteiger partial charge in [-0.1, -0.05) is 12.1 Å². The van der Waals surface area contributed by atoms with E-state index in [4.69, 9.17) is 4.74 Å². The van der Waals surface area contributed by atoms with Crippen molar-refractivity contribution in [3.63, 3.8) is 0 Å². The molecule has 0 amide bonds. The number of aromatic amines is 1. The maximum atomic E-state index is 5.56. The van der Waals surface area contributed by atoms with Gasteiger partial charge in [-0.2, -0.15) is 5.10 Å². The first-order valence-electron chi connectivity index (χ1n) is 7.03. The number of H-pyrrole nitrogens is 1. The Balaban J connectivity index is 1.75. The van der Waals surface area contributed by atoms with Crippen LogP contribution in [-0.4, -0.2) is 22.8 Å². The van der Waals surface area contributed by atoms with Gasteiger partial charge in [-0.3, -0.25) is 0 Å². The maximum absolute atomic E-state index is 5.56. The van der Waals surface area contributed by atoms with Crippen molar-refractivity contribution in [1.82, 2.24) is 9.97 Å². The smallest absolute Gasteiger partial charge is 0.222 e. The fourth-order valence-corrected chi connectivity index (χ4v) is 3.56. The third-order valence-corrected chi connectivity index (χ3v) is 4.26. The van der Waals surface area contributed by atoms with Crippen LogP contribution in [0.3, 0.4) is 0 Å². The molecular weight excluding hydrogens is 424 g/mol. The minimum atomic E-state index is 0.603. The molecule has 5 nitrogen and oxygen atoms in total. The number of halogens is 2. The third-order valence-electron chi connectivity index (χ3n) is 3.08. The Bertz CT molecular complexity index is 804. The first-order chi connectivity index (χ1) is 11.2. The normalized spacial score (nSPS) is 11.3. The number of rotatable bonds is 5. The molecule has 1 aromatic heterocycles. The summed E-state index contributed by atoms with van der Waals surface area (Å²) >= 11 is 7.01. The molecule has 3 aromatic rings. The SMILES string of the molecule is CCOc1c(Br)cc(/C=N\Nc2nc3ccccc3[nH]2)cc1Br. The maximum Gasteiger partial charge on any atom is 0.222 e. The van der Waals surface area contributed by atoms with Crippen LogP contribution >= 0.6 is 31.9 Å². The van der Waals surface area contributed by atoms with Crippen LogP contribution in [0.1, 0.15) is 12.5 Å². The van der Waals surface area contributed by atoms with Crippen molar-refractivity contribution in [2.24, 2.45) is 5.10 Å². The second-order valence-electron chi connectivity index (χ2n) is 4.72. The molecule has 23 heavy (non-hydrogen) atoms. The molecule has 0 unspecified atom stereocenters. The van der Waals surface area contributed by atoms with Crippen LogP contribution in [0.5, 0.6) is 5.75 Å². The summed E-state index contributed by atoms with van der Waals surface area (Å²) in [5.41, 5.74) is 5.70. The lowest BCUT2D eigenvalue weighted by atomic mass is 10.2. The number of fused-ring (bicyclic) bond motifs is 1. The zero-order valence-corrected chi connectivity index (χ0v) is 15.5. The highest BCUT2D eigenvalue weighted by Crippen LogP contribution is 2.34. The molecule has 0 aliphatic carbocycles. The second-order valence-corrected chi connectivity index (χ2v) is 6.43. The van der Waals surface area contributed by atoms with Gasteiger partial charge in [0, 0.05) is 0 Å². The Morgan fingerprint density at radius 1 is 1.26 bits per heavy atom. The fraction of sp³-hybridized carbons (Fsp3) is 0.125. The van der Waals surface area contributed by atoms with E-state index in [0.29, 0.717) is 12.6 Å². The quantitative estimate of drug-likeness (QED) is 0.439. The minimum absolute atomic E-state index is 0.603. The number of benzene rings is 2. The van der Waals surface area contributed by atoms with Crippen molar-refractivity contribution >= 4 is 55.1 Å². The summed E-state index contributed by atoms with van der Waals surface area (Å²) in [5, 5.41) is 4.21. The number of ether oxygens (including phenoxy) is 1. The second kappa shape index (κ2) is 7.14. The molecule has 0 aliphatic rings. The predicted octanol–water partition coefficient (Wildman–Crippen LogP) is 4.93. The summed E-state index contributed by atoms with van der Waals surface area (Å²) < 4.78 is 7.31. The lowest BCUT2D eigenvalue weighted by molar-refractivity contribution is 0.336. The van der Waals surface area contributed by atoms with E-state index in [1.54, 1.807) is 6.21 Å². The first kappa shape index (κ1) is 16.0. The molecule has 2 N–H and O–H groups in total. The monoisotopic (exact) mass is 436 g/mol. The van der Waals surface area contributed by atoms with Crippen LogP contribution in [0, 0.1) is 0 Å². The van der Waals surface area contributed by atoms with Crippen molar-refractivity contribution < 1.29 is 4.74 Å². The van der Waals surface area contributed by atoms with Crippen LogP contribution in [0.2, 0.25) is 0 Å². The van der Waals surface area contributed by atoms with Gasteiger partial charge in [-0.15, -0.1) is 0 Å². The van der Waals surface area contributed by atoms with Crippen molar-refractivity contribution in [3.05, 3.63) is 50.9 Å². The summed E-state index contributed by atoms with van der Waals surface area (Å²) in [6, 6.07) is 11.7. The zero-order chi connectivity index (χ0) is 16.2. The Morgan fingerprint density at radius 3 is 2.70 bits per heavy atom. The van der Waals surface area contributed by atoms with Gasteiger partial charge in [-0.25, -0.2) is 10.4 Å². The van der Waals surface area contributed by atoms with E-state index in [0.717, 1.165) is 31.3 Å². The van der Waals surface area contributed by atoms with E-state index in [9.17, 15) is 0 Å². The molecule has 7 heteroatoms. The van der Waals surface area contributed by atoms with E-state index in [1.165, 1.54) is 0 Å². The summed E-state index contributed by atoms with van der Waals surface area (Å²) in [7, 11) is 0. The number of hydrogen-bond donors (Lipinski definition) is 2. The molecule has 0 saturated carbocycles. The molecule has 0 bridgehead atoms. The highest BCUT2D eigenvalue weighted by Gasteiger charge is 2.07. The van der Waals surface area contributed by atoms with Gasteiger partial charge in [-0.05, 0) is 68.6 Å². The fourth-order valence-electron chi connectivity index (χ4n) is 2.11. The molecule has 3 rings (SSSR count). The molecule has 0 aliphatic heterocycles. The van der Waals surface area contributed by atoms with Crippen molar-refractivity contribution in [3.8, 4) is 5.75 Å². The molecule has 0 fully saturated rings. The number of nitrogens with zero attached hydrogens (tertiary/aromatic N) is 2. The number of hydrogen-bond acceptors (Lipinski definition) is 4. The Morgan fingerprint density at radius 2 is 2.00 bits per heavy atom. The molecule has 0 atom stereocenters. The van der Waals surface area contributed by atoms with Gasteiger partial charge in [0.05, 0.1) is 32.8 Å². The van der Waals surface area contributed by atoms with Crippen LogP contribution in [0.4, 0.5) is 5.95 Å². The van der Waals surface area contributed by atoms with E-state index in [-0.39, 0.29) is 0 Å². The van der Waals surface area contributed by atoms with E-state index < -0.39 is 0 Å². The Hall–Kier alpha value is -1.86. The average molecular weight is 438 g/mol. The van der Waals surface area contributed by atoms with Gasteiger partial charge < -0.3 is 9.72 Å². The third kappa shape index (κ3) is 3.73.